The van der Waals surface area contributed by atoms with Gasteiger partial charge in [-0.3, -0.25) is 0 Å². The second-order valence-electron chi connectivity index (χ2n) is 4.84. The molecule has 0 radical (unpaired) electrons. The van der Waals surface area contributed by atoms with Gasteiger partial charge in [-0.15, -0.1) is 11.3 Å². The Morgan fingerprint density at radius 3 is 2.90 bits per heavy atom. The number of thiophene rings is 1. The second kappa shape index (κ2) is 6.74. The fourth-order valence-corrected chi connectivity index (χ4v) is 6.23. The molecule has 2 rings (SSSR count). The normalized spacial score (nSPS) is 22.4. The molecular formula is C12H16BrNO5S2. The maximum atomic E-state index is 12.4. The fraction of sp³-hybridized carbons (Fsp3) is 0.583. The van der Waals surface area contributed by atoms with Gasteiger partial charge in [-0.2, -0.15) is 0 Å². The van der Waals surface area contributed by atoms with Gasteiger partial charge < -0.3 is 9.84 Å². The van der Waals surface area contributed by atoms with Gasteiger partial charge in [-0.25, -0.2) is 17.9 Å². The van der Waals surface area contributed by atoms with Crippen molar-refractivity contribution in [3.05, 3.63) is 14.7 Å². The largest absolute Gasteiger partial charge is 0.465 e. The Morgan fingerprint density at radius 2 is 2.29 bits per heavy atom. The molecule has 1 saturated carbocycles. The standard InChI is InChI=1S/C12H16BrNO5S2/c1-19-12(16)9-5-10(11(13)20-9)21(17,18)14-8-4-2-3-7(8)6-15/h5,7-8,14-15H,2-4,6H2,1H3. The van der Waals surface area contributed by atoms with Gasteiger partial charge in [0.1, 0.15) is 9.77 Å². The molecule has 2 N–H and O–H groups in total. The fourth-order valence-electron chi connectivity index (χ4n) is 2.41. The predicted molar refractivity (Wildman–Crippen MR) is 81.9 cm³/mol. The Kier molecular flexibility index (Phi) is 5.42. The number of aliphatic hydroxyl groups excluding tert-OH is 1. The van der Waals surface area contributed by atoms with E-state index in [1.54, 1.807) is 0 Å². The Balaban J connectivity index is 2.23. The molecule has 21 heavy (non-hydrogen) atoms. The number of nitrogens with one attached hydrogen (secondary N) is 1. The topological polar surface area (TPSA) is 92.7 Å². The highest BCUT2D eigenvalue weighted by Crippen LogP contribution is 2.33. The van der Waals surface area contributed by atoms with Crippen LogP contribution in [0, 0.1) is 5.92 Å². The molecule has 9 heteroatoms. The van der Waals surface area contributed by atoms with Crippen LogP contribution in [0.1, 0.15) is 28.9 Å². The summed E-state index contributed by atoms with van der Waals surface area (Å²) in [6.45, 7) is -0.0363. The third-order valence-electron chi connectivity index (χ3n) is 3.53. The van der Waals surface area contributed by atoms with E-state index in [0.717, 1.165) is 24.2 Å². The van der Waals surface area contributed by atoms with Gasteiger partial charge in [0.2, 0.25) is 10.0 Å². The van der Waals surface area contributed by atoms with Crippen molar-refractivity contribution in [2.24, 2.45) is 5.92 Å². The van der Waals surface area contributed by atoms with E-state index < -0.39 is 16.0 Å². The van der Waals surface area contributed by atoms with Crippen molar-refractivity contribution in [3.63, 3.8) is 0 Å². The molecule has 0 spiro atoms. The van der Waals surface area contributed by atoms with E-state index in [9.17, 15) is 18.3 Å². The zero-order valence-corrected chi connectivity index (χ0v) is 14.6. The number of hydrogen-bond donors (Lipinski definition) is 2. The van der Waals surface area contributed by atoms with E-state index in [1.807, 2.05) is 0 Å². The average Bonchev–Trinajstić information content (AvgIpc) is 3.03. The number of rotatable bonds is 5. The van der Waals surface area contributed by atoms with E-state index in [2.05, 4.69) is 25.4 Å². The summed E-state index contributed by atoms with van der Waals surface area (Å²) in [5, 5.41) is 9.26. The van der Waals surface area contributed by atoms with Crippen LogP contribution in [0.25, 0.3) is 0 Å². The van der Waals surface area contributed by atoms with Crippen LogP contribution in [0.2, 0.25) is 0 Å². The van der Waals surface area contributed by atoms with Crippen molar-refractivity contribution in [2.45, 2.75) is 30.2 Å². The maximum absolute atomic E-state index is 12.4. The molecule has 1 heterocycles. The number of esters is 1. The van der Waals surface area contributed by atoms with Gasteiger partial charge in [-0.05, 0) is 40.8 Å². The SMILES string of the molecule is COC(=O)c1cc(S(=O)(=O)NC2CCCC2CO)c(Br)s1. The van der Waals surface area contributed by atoms with Gasteiger partial charge in [0.05, 0.1) is 10.9 Å². The summed E-state index contributed by atoms with van der Waals surface area (Å²) in [5.41, 5.74) is 0. The number of halogens is 1. The number of methoxy groups -OCH3 is 1. The highest BCUT2D eigenvalue weighted by Gasteiger charge is 2.32. The highest BCUT2D eigenvalue weighted by molar-refractivity contribution is 9.11. The summed E-state index contributed by atoms with van der Waals surface area (Å²) in [4.78, 5) is 11.7. The third kappa shape index (κ3) is 3.65. The average molecular weight is 398 g/mol. The van der Waals surface area contributed by atoms with Crippen molar-refractivity contribution in [3.8, 4) is 0 Å². The quantitative estimate of drug-likeness (QED) is 0.738. The summed E-state index contributed by atoms with van der Waals surface area (Å²) in [5.74, 6) is -0.631. The number of ether oxygens (including phenoxy) is 1. The maximum Gasteiger partial charge on any atom is 0.348 e. The van der Waals surface area contributed by atoms with Crippen LogP contribution >= 0.6 is 27.3 Å². The molecule has 6 nitrogen and oxygen atoms in total. The third-order valence-corrected chi connectivity index (χ3v) is 7.25. The van der Waals surface area contributed by atoms with Crippen LogP contribution < -0.4 is 4.72 Å². The number of carbonyl (C=O) groups is 1. The summed E-state index contributed by atoms with van der Waals surface area (Å²) in [6, 6.07) is 1.03. The molecule has 0 bridgehead atoms. The van der Waals surface area contributed by atoms with Gasteiger partial charge in [0.25, 0.3) is 0 Å². The summed E-state index contributed by atoms with van der Waals surface area (Å²) >= 11 is 4.19. The van der Waals surface area contributed by atoms with E-state index in [-0.39, 0.29) is 28.3 Å². The minimum absolute atomic E-state index is 0.0245. The van der Waals surface area contributed by atoms with E-state index in [0.29, 0.717) is 10.2 Å². The molecule has 1 fully saturated rings. The molecule has 0 amide bonds. The predicted octanol–water partition coefficient (Wildman–Crippen LogP) is 1.74. The second-order valence-corrected chi connectivity index (χ2v) is 8.89. The molecule has 1 aromatic heterocycles. The number of hydrogen-bond acceptors (Lipinski definition) is 6. The zero-order chi connectivity index (χ0) is 15.6. The Morgan fingerprint density at radius 1 is 1.57 bits per heavy atom. The van der Waals surface area contributed by atoms with Gasteiger partial charge >= 0.3 is 5.97 Å². The lowest BCUT2D eigenvalue weighted by molar-refractivity contribution is 0.0606. The van der Waals surface area contributed by atoms with Crippen molar-refractivity contribution < 1.29 is 23.1 Å². The van der Waals surface area contributed by atoms with Crippen LogP contribution in [-0.4, -0.2) is 39.3 Å². The highest BCUT2D eigenvalue weighted by atomic mass is 79.9. The molecule has 0 aromatic carbocycles. The smallest absolute Gasteiger partial charge is 0.348 e. The monoisotopic (exact) mass is 397 g/mol. The number of aliphatic hydroxyl groups is 1. The lowest BCUT2D eigenvalue weighted by Gasteiger charge is -2.18. The first-order valence-electron chi connectivity index (χ1n) is 6.40. The van der Waals surface area contributed by atoms with Crippen LogP contribution in [0.3, 0.4) is 0 Å². The van der Waals surface area contributed by atoms with Crippen LogP contribution in [0.15, 0.2) is 14.7 Å². The van der Waals surface area contributed by atoms with Crippen LogP contribution in [0.5, 0.6) is 0 Å². The molecule has 2 atom stereocenters. The molecule has 1 aliphatic rings. The molecule has 118 valence electrons. The summed E-state index contributed by atoms with van der Waals surface area (Å²) < 4.78 is 32.4. The van der Waals surface area contributed by atoms with Crippen LogP contribution in [-0.2, 0) is 14.8 Å². The Hall–Kier alpha value is -0.480. The van der Waals surface area contributed by atoms with Gasteiger partial charge in [0, 0.05) is 12.6 Å². The summed E-state index contributed by atoms with van der Waals surface area (Å²) in [7, 11) is -2.50. The van der Waals surface area contributed by atoms with Crippen molar-refractivity contribution in [2.75, 3.05) is 13.7 Å². The van der Waals surface area contributed by atoms with Crippen molar-refractivity contribution >= 4 is 43.3 Å². The van der Waals surface area contributed by atoms with E-state index in [1.165, 1.54) is 13.2 Å². The minimum atomic E-state index is -3.74. The minimum Gasteiger partial charge on any atom is -0.465 e. The van der Waals surface area contributed by atoms with Gasteiger partial charge in [-0.1, -0.05) is 6.42 Å². The molecular weight excluding hydrogens is 382 g/mol. The van der Waals surface area contributed by atoms with Crippen molar-refractivity contribution in [1.29, 1.82) is 0 Å². The van der Waals surface area contributed by atoms with Gasteiger partial charge in [0.15, 0.2) is 0 Å². The zero-order valence-electron chi connectivity index (χ0n) is 11.3. The summed E-state index contributed by atoms with van der Waals surface area (Å²) in [6.07, 6.45) is 2.40. The van der Waals surface area contributed by atoms with E-state index in [4.69, 9.17) is 0 Å². The molecule has 2 unspecified atom stereocenters. The number of sulfonamides is 1. The molecule has 1 aliphatic carbocycles. The first-order chi connectivity index (χ1) is 9.89. The molecule has 0 aliphatic heterocycles. The Labute approximate surface area is 135 Å². The lowest BCUT2D eigenvalue weighted by atomic mass is 10.1. The number of carbonyl (C=O) groups excluding carboxylic acids is 1. The first kappa shape index (κ1) is 16.9. The first-order valence-corrected chi connectivity index (χ1v) is 9.49. The molecule has 0 saturated heterocycles. The Bertz CT molecular complexity index is 628. The lowest BCUT2D eigenvalue weighted by Crippen LogP contribution is -2.38. The van der Waals surface area contributed by atoms with Crippen LogP contribution in [0.4, 0.5) is 0 Å². The molecule has 1 aromatic rings. The van der Waals surface area contributed by atoms with E-state index >= 15 is 0 Å². The van der Waals surface area contributed by atoms with Crippen molar-refractivity contribution in [1.82, 2.24) is 4.72 Å².